The third-order valence-electron chi connectivity index (χ3n) is 2.43. The Bertz CT molecular complexity index is 317. The molecule has 1 aromatic rings. The molecule has 0 radical (unpaired) electrons. The Morgan fingerprint density at radius 2 is 2.00 bits per heavy atom. The molecule has 1 aliphatic rings. The maximum atomic E-state index is 5.97. The van der Waals surface area contributed by atoms with Crippen molar-refractivity contribution in [2.75, 3.05) is 0 Å². The van der Waals surface area contributed by atoms with E-state index in [2.05, 4.69) is 10.2 Å². The summed E-state index contributed by atoms with van der Waals surface area (Å²) < 4.78 is 2.04. The Labute approximate surface area is 78.1 Å². The van der Waals surface area contributed by atoms with Crippen LogP contribution < -0.4 is 5.73 Å². The van der Waals surface area contributed by atoms with E-state index in [0.717, 1.165) is 11.6 Å². The lowest BCUT2D eigenvalue weighted by Crippen LogP contribution is -2.32. The van der Waals surface area contributed by atoms with Crippen LogP contribution in [0, 0.1) is 0 Å². The van der Waals surface area contributed by atoms with Gasteiger partial charge in [0.15, 0.2) is 5.82 Å². The molecule has 72 valence electrons. The van der Waals surface area contributed by atoms with Gasteiger partial charge >= 0.3 is 0 Å². The SMILES string of the molecule is Cn1c(C2CC2)nnc1C(C)(C)N. The van der Waals surface area contributed by atoms with Gasteiger partial charge < -0.3 is 10.3 Å². The predicted molar refractivity (Wildman–Crippen MR) is 50.2 cm³/mol. The Hall–Kier alpha value is -0.900. The van der Waals surface area contributed by atoms with Crippen molar-refractivity contribution in [2.24, 2.45) is 12.8 Å². The van der Waals surface area contributed by atoms with Gasteiger partial charge in [0, 0.05) is 13.0 Å². The van der Waals surface area contributed by atoms with Gasteiger partial charge in [0.25, 0.3) is 0 Å². The van der Waals surface area contributed by atoms with Crippen molar-refractivity contribution in [3.8, 4) is 0 Å². The summed E-state index contributed by atoms with van der Waals surface area (Å²) in [6.45, 7) is 3.90. The Morgan fingerprint density at radius 1 is 1.38 bits per heavy atom. The molecule has 13 heavy (non-hydrogen) atoms. The van der Waals surface area contributed by atoms with Crippen LogP contribution in [0.5, 0.6) is 0 Å². The number of rotatable bonds is 2. The maximum absolute atomic E-state index is 5.97. The van der Waals surface area contributed by atoms with Gasteiger partial charge in [0.05, 0.1) is 5.54 Å². The lowest BCUT2D eigenvalue weighted by molar-refractivity contribution is 0.489. The quantitative estimate of drug-likeness (QED) is 0.735. The van der Waals surface area contributed by atoms with E-state index in [-0.39, 0.29) is 0 Å². The first-order valence-corrected chi connectivity index (χ1v) is 4.69. The minimum atomic E-state index is -0.394. The second-order valence-electron chi connectivity index (χ2n) is 4.44. The van der Waals surface area contributed by atoms with Crippen LogP contribution in [0.3, 0.4) is 0 Å². The van der Waals surface area contributed by atoms with E-state index < -0.39 is 5.54 Å². The van der Waals surface area contributed by atoms with Crippen molar-refractivity contribution in [3.05, 3.63) is 11.6 Å². The molecule has 1 fully saturated rings. The summed E-state index contributed by atoms with van der Waals surface area (Å²) in [5.74, 6) is 2.59. The van der Waals surface area contributed by atoms with Crippen molar-refractivity contribution < 1.29 is 0 Å². The fraction of sp³-hybridized carbons (Fsp3) is 0.778. The Morgan fingerprint density at radius 3 is 2.38 bits per heavy atom. The standard InChI is InChI=1S/C9H16N4/c1-9(2,10)8-12-11-7(13(8)3)6-4-5-6/h6H,4-5,10H2,1-3H3. The third kappa shape index (κ3) is 1.46. The van der Waals surface area contributed by atoms with E-state index in [0.29, 0.717) is 5.92 Å². The van der Waals surface area contributed by atoms with E-state index in [4.69, 9.17) is 5.73 Å². The highest BCUT2D eigenvalue weighted by atomic mass is 15.3. The van der Waals surface area contributed by atoms with Crippen LogP contribution in [-0.2, 0) is 12.6 Å². The topological polar surface area (TPSA) is 56.7 Å². The highest BCUT2D eigenvalue weighted by Gasteiger charge is 2.31. The first-order valence-electron chi connectivity index (χ1n) is 4.69. The fourth-order valence-corrected chi connectivity index (χ4v) is 1.60. The van der Waals surface area contributed by atoms with E-state index >= 15 is 0 Å². The number of nitrogens with zero attached hydrogens (tertiary/aromatic N) is 3. The number of nitrogens with two attached hydrogens (primary N) is 1. The molecule has 0 saturated heterocycles. The number of hydrogen-bond donors (Lipinski definition) is 1. The summed E-state index contributed by atoms with van der Waals surface area (Å²) in [7, 11) is 2.00. The molecular formula is C9H16N4. The molecule has 0 bridgehead atoms. The first kappa shape index (κ1) is 8.69. The largest absolute Gasteiger partial charge is 0.319 e. The zero-order valence-corrected chi connectivity index (χ0v) is 8.41. The van der Waals surface area contributed by atoms with Gasteiger partial charge in [-0.05, 0) is 26.7 Å². The molecule has 4 nitrogen and oxygen atoms in total. The Balaban J connectivity index is 2.38. The van der Waals surface area contributed by atoms with Crippen LogP contribution in [0.4, 0.5) is 0 Å². The van der Waals surface area contributed by atoms with Gasteiger partial charge in [0.1, 0.15) is 5.82 Å². The van der Waals surface area contributed by atoms with Crippen LogP contribution in [0.15, 0.2) is 0 Å². The zero-order chi connectivity index (χ0) is 9.64. The number of aromatic nitrogens is 3. The maximum Gasteiger partial charge on any atom is 0.152 e. The number of hydrogen-bond acceptors (Lipinski definition) is 3. The van der Waals surface area contributed by atoms with Crippen LogP contribution in [0.2, 0.25) is 0 Å². The van der Waals surface area contributed by atoms with Gasteiger partial charge in [-0.25, -0.2) is 0 Å². The van der Waals surface area contributed by atoms with Gasteiger partial charge in [0.2, 0.25) is 0 Å². The molecule has 0 spiro atoms. The van der Waals surface area contributed by atoms with E-state index in [9.17, 15) is 0 Å². The second-order valence-corrected chi connectivity index (χ2v) is 4.44. The molecule has 2 rings (SSSR count). The molecule has 1 heterocycles. The van der Waals surface area contributed by atoms with Crippen molar-refractivity contribution in [1.82, 2.24) is 14.8 Å². The molecule has 0 aliphatic heterocycles. The molecule has 1 saturated carbocycles. The highest BCUT2D eigenvalue weighted by Crippen LogP contribution is 2.39. The molecule has 0 amide bonds. The lowest BCUT2D eigenvalue weighted by Gasteiger charge is -2.17. The van der Waals surface area contributed by atoms with E-state index in [1.807, 2.05) is 25.5 Å². The predicted octanol–water partition coefficient (Wildman–Crippen LogP) is 0.886. The van der Waals surface area contributed by atoms with Gasteiger partial charge in [-0.15, -0.1) is 10.2 Å². The monoisotopic (exact) mass is 180 g/mol. The highest BCUT2D eigenvalue weighted by molar-refractivity contribution is 5.11. The summed E-state index contributed by atoms with van der Waals surface area (Å²) >= 11 is 0. The van der Waals surface area contributed by atoms with Crippen LogP contribution >= 0.6 is 0 Å². The summed E-state index contributed by atoms with van der Waals surface area (Å²) in [5.41, 5.74) is 5.57. The average Bonchev–Trinajstić information content (AvgIpc) is 2.73. The van der Waals surface area contributed by atoms with Crippen molar-refractivity contribution in [1.29, 1.82) is 0 Å². The van der Waals surface area contributed by atoms with Crippen molar-refractivity contribution in [3.63, 3.8) is 0 Å². The van der Waals surface area contributed by atoms with Crippen LogP contribution in [0.1, 0.15) is 44.3 Å². The average molecular weight is 180 g/mol. The minimum Gasteiger partial charge on any atom is -0.319 e. The molecule has 1 aromatic heterocycles. The summed E-state index contributed by atoms with van der Waals surface area (Å²) in [6, 6.07) is 0. The van der Waals surface area contributed by atoms with E-state index in [1.54, 1.807) is 0 Å². The van der Waals surface area contributed by atoms with Crippen LogP contribution in [0.25, 0.3) is 0 Å². The smallest absolute Gasteiger partial charge is 0.152 e. The third-order valence-corrected chi connectivity index (χ3v) is 2.43. The molecule has 0 unspecified atom stereocenters. The normalized spacial score (nSPS) is 17.8. The molecular weight excluding hydrogens is 164 g/mol. The lowest BCUT2D eigenvalue weighted by atomic mass is 10.1. The molecule has 4 heteroatoms. The first-order chi connectivity index (χ1) is 6.00. The second kappa shape index (κ2) is 2.54. The van der Waals surface area contributed by atoms with Crippen LogP contribution in [-0.4, -0.2) is 14.8 Å². The van der Waals surface area contributed by atoms with Gasteiger partial charge in [-0.2, -0.15) is 0 Å². The van der Waals surface area contributed by atoms with Gasteiger partial charge in [-0.1, -0.05) is 0 Å². The van der Waals surface area contributed by atoms with Gasteiger partial charge in [-0.3, -0.25) is 0 Å². The fourth-order valence-electron chi connectivity index (χ4n) is 1.60. The molecule has 0 aromatic carbocycles. The Kier molecular flexibility index (Phi) is 1.70. The molecule has 2 N–H and O–H groups in total. The van der Waals surface area contributed by atoms with E-state index in [1.165, 1.54) is 12.8 Å². The summed E-state index contributed by atoms with van der Waals surface area (Å²) in [5, 5.41) is 8.31. The van der Waals surface area contributed by atoms with Crippen molar-refractivity contribution in [2.45, 2.75) is 38.1 Å². The molecule has 0 atom stereocenters. The molecule has 1 aliphatic carbocycles. The summed E-state index contributed by atoms with van der Waals surface area (Å²) in [4.78, 5) is 0. The minimum absolute atomic E-state index is 0.394. The zero-order valence-electron chi connectivity index (χ0n) is 8.41. The summed E-state index contributed by atoms with van der Waals surface area (Å²) in [6.07, 6.45) is 2.49. The van der Waals surface area contributed by atoms with Crippen molar-refractivity contribution >= 4 is 0 Å².